The molecule has 0 aromatic carbocycles. The van der Waals surface area contributed by atoms with Crippen LogP contribution in [0, 0.1) is 6.92 Å². The summed E-state index contributed by atoms with van der Waals surface area (Å²) in [5.74, 6) is 2.46. The first-order valence-electron chi connectivity index (χ1n) is 9.05. The smallest absolute Gasteiger partial charge is 0.249 e. The molecule has 7 heteroatoms. The van der Waals surface area contributed by atoms with Crippen molar-refractivity contribution < 1.29 is 4.79 Å². The molecule has 2 aromatic heterocycles. The van der Waals surface area contributed by atoms with E-state index in [1.54, 1.807) is 17.3 Å². The molecule has 1 amide bonds. The largest absolute Gasteiger partial charge is 0.340 e. The van der Waals surface area contributed by atoms with Crippen LogP contribution in [0.1, 0.15) is 44.9 Å². The molecule has 2 aromatic rings. The van der Waals surface area contributed by atoms with E-state index in [2.05, 4.69) is 21.8 Å². The van der Waals surface area contributed by atoms with Crippen molar-refractivity contribution in [2.75, 3.05) is 16.8 Å². The van der Waals surface area contributed by atoms with Gasteiger partial charge < -0.3 is 9.80 Å². The molecule has 1 aliphatic carbocycles. The van der Waals surface area contributed by atoms with Crippen LogP contribution in [0.5, 0.6) is 0 Å². The number of imidazole rings is 1. The molecule has 1 saturated carbocycles. The van der Waals surface area contributed by atoms with Gasteiger partial charge in [0.15, 0.2) is 5.82 Å². The van der Waals surface area contributed by atoms with Gasteiger partial charge in [0.1, 0.15) is 17.6 Å². The summed E-state index contributed by atoms with van der Waals surface area (Å²) in [6.45, 7) is 4.01. The van der Waals surface area contributed by atoms with Gasteiger partial charge in [-0.25, -0.2) is 9.97 Å². The second-order valence-corrected chi connectivity index (χ2v) is 6.89. The molecule has 25 heavy (non-hydrogen) atoms. The van der Waals surface area contributed by atoms with Gasteiger partial charge in [0.2, 0.25) is 11.9 Å². The van der Waals surface area contributed by atoms with Crippen LogP contribution >= 0.6 is 0 Å². The van der Waals surface area contributed by atoms with Crippen molar-refractivity contribution in [3.63, 3.8) is 0 Å². The van der Waals surface area contributed by atoms with E-state index in [-0.39, 0.29) is 11.9 Å². The maximum Gasteiger partial charge on any atom is 0.249 e. The molecule has 2 aliphatic rings. The highest BCUT2D eigenvalue weighted by Crippen LogP contribution is 2.39. The van der Waals surface area contributed by atoms with E-state index in [4.69, 9.17) is 4.98 Å². The summed E-state index contributed by atoms with van der Waals surface area (Å²) in [7, 11) is 1.82. The topological polar surface area (TPSA) is 67.2 Å². The number of hydrogen-bond donors (Lipinski definition) is 0. The molecule has 0 bridgehead atoms. The van der Waals surface area contributed by atoms with Gasteiger partial charge in [0, 0.05) is 25.5 Å². The van der Waals surface area contributed by atoms with Crippen molar-refractivity contribution in [2.45, 2.75) is 58.0 Å². The number of nitrogens with zero attached hydrogens (tertiary/aromatic N) is 6. The van der Waals surface area contributed by atoms with Crippen LogP contribution < -0.4 is 9.80 Å². The molecular weight excluding hydrogens is 316 g/mol. The molecule has 0 radical (unpaired) electrons. The number of hydrogen-bond acceptors (Lipinski definition) is 5. The van der Waals surface area contributed by atoms with Gasteiger partial charge in [-0.05, 0) is 26.2 Å². The molecular formula is C18H24N6O. The molecule has 1 atom stereocenters. The van der Waals surface area contributed by atoms with Crippen LogP contribution in [0.4, 0.5) is 11.5 Å². The van der Waals surface area contributed by atoms with Gasteiger partial charge in [-0.15, -0.1) is 0 Å². The van der Waals surface area contributed by atoms with Gasteiger partial charge >= 0.3 is 0 Å². The number of rotatable bonds is 3. The van der Waals surface area contributed by atoms with Crippen LogP contribution in [0.15, 0.2) is 18.6 Å². The monoisotopic (exact) mass is 340 g/mol. The number of anilines is 2. The maximum absolute atomic E-state index is 12.9. The molecule has 0 N–H and O–H groups in total. The highest BCUT2D eigenvalue weighted by molar-refractivity contribution is 6.04. The highest BCUT2D eigenvalue weighted by Gasteiger charge is 2.41. The number of aromatic nitrogens is 4. The zero-order chi connectivity index (χ0) is 17.6. The van der Waals surface area contributed by atoms with E-state index >= 15 is 0 Å². The maximum atomic E-state index is 12.9. The molecule has 132 valence electrons. The average Bonchev–Trinajstić information content (AvgIpc) is 3.29. The van der Waals surface area contributed by atoms with Gasteiger partial charge in [-0.2, -0.15) is 4.98 Å². The Bertz CT molecular complexity index is 795. The van der Waals surface area contributed by atoms with Crippen LogP contribution in [0.2, 0.25) is 0 Å². The Labute approximate surface area is 147 Å². The molecule has 1 unspecified atom stereocenters. The fraction of sp³-hybridized carbons (Fsp3) is 0.556. The van der Waals surface area contributed by atoms with Crippen LogP contribution in [-0.2, 0) is 4.79 Å². The van der Waals surface area contributed by atoms with E-state index in [1.807, 2.05) is 24.7 Å². The Balaban J connectivity index is 1.85. The van der Waals surface area contributed by atoms with Gasteiger partial charge in [-0.1, -0.05) is 19.8 Å². The Morgan fingerprint density at radius 1 is 1.24 bits per heavy atom. The van der Waals surface area contributed by atoms with Crippen LogP contribution in [-0.4, -0.2) is 44.6 Å². The first-order chi connectivity index (χ1) is 12.1. The zero-order valence-corrected chi connectivity index (χ0v) is 15.0. The lowest BCUT2D eigenvalue weighted by Crippen LogP contribution is -2.55. The predicted octanol–water partition coefficient (Wildman–Crippen LogP) is 2.47. The van der Waals surface area contributed by atoms with Crippen molar-refractivity contribution in [1.29, 1.82) is 0 Å². The molecule has 4 rings (SSSR count). The van der Waals surface area contributed by atoms with Gasteiger partial charge in [-0.3, -0.25) is 9.36 Å². The quantitative estimate of drug-likeness (QED) is 0.859. The van der Waals surface area contributed by atoms with E-state index in [9.17, 15) is 4.79 Å². The summed E-state index contributed by atoms with van der Waals surface area (Å²) in [5.41, 5.74) is 0.795. The molecule has 0 spiro atoms. The summed E-state index contributed by atoms with van der Waals surface area (Å²) < 4.78 is 1.88. The predicted molar refractivity (Wildman–Crippen MR) is 96.1 cm³/mol. The standard InChI is InChI=1S/C18H24N6O/c1-4-14-17(25)22(3)15-11-20-18(23-10-9-19-12(23)2)21-16(15)24(14)13-7-5-6-8-13/h9-11,13-14H,4-8H2,1-3H3. The minimum Gasteiger partial charge on any atom is -0.340 e. The Morgan fingerprint density at radius 3 is 2.64 bits per heavy atom. The van der Waals surface area contributed by atoms with Gasteiger partial charge in [0.05, 0.1) is 6.20 Å². The summed E-state index contributed by atoms with van der Waals surface area (Å²) in [6.07, 6.45) is 10.8. The minimum atomic E-state index is -0.146. The van der Waals surface area contributed by atoms with Crippen LogP contribution in [0.25, 0.3) is 5.95 Å². The first-order valence-corrected chi connectivity index (χ1v) is 9.05. The molecule has 0 saturated heterocycles. The van der Waals surface area contributed by atoms with Crippen molar-refractivity contribution >= 4 is 17.4 Å². The third-order valence-electron chi connectivity index (χ3n) is 5.44. The van der Waals surface area contributed by atoms with Crippen molar-refractivity contribution in [3.05, 3.63) is 24.4 Å². The molecule has 1 fully saturated rings. The number of carbonyl (C=O) groups excluding carboxylic acids is 1. The summed E-state index contributed by atoms with van der Waals surface area (Å²) >= 11 is 0. The number of carbonyl (C=O) groups is 1. The summed E-state index contributed by atoms with van der Waals surface area (Å²) in [5, 5.41) is 0. The lowest BCUT2D eigenvalue weighted by Gasteiger charge is -2.43. The lowest BCUT2D eigenvalue weighted by molar-refractivity contribution is -0.120. The zero-order valence-electron chi connectivity index (χ0n) is 15.0. The van der Waals surface area contributed by atoms with Crippen molar-refractivity contribution in [1.82, 2.24) is 19.5 Å². The number of likely N-dealkylation sites (N-methyl/N-ethyl adjacent to an activating group) is 1. The van der Waals surface area contributed by atoms with Gasteiger partial charge in [0.25, 0.3) is 0 Å². The number of aryl methyl sites for hydroxylation is 1. The number of fused-ring (bicyclic) bond motifs is 1. The fourth-order valence-corrected chi connectivity index (χ4v) is 4.08. The average molecular weight is 340 g/mol. The van der Waals surface area contributed by atoms with E-state index in [0.717, 1.165) is 36.6 Å². The molecule has 3 heterocycles. The second-order valence-electron chi connectivity index (χ2n) is 6.89. The third-order valence-corrected chi connectivity index (χ3v) is 5.44. The highest BCUT2D eigenvalue weighted by atomic mass is 16.2. The van der Waals surface area contributed by atoms with Crippen molar-refractivity contribution in [2.24, 2.45) is 0 Å². The SMILES string of the molecule is CCC1C(=O)N(C)c2cnc(-n3ccnc3C)nc2N1C1CCCC1. The third kappa shape index (κ3) is 2.49. The first kappa shape index (κ1) is 16.1. The summed E-state index contributed by atoms with van der Waals surface area (Å²) in [6, 6.07) is 0.236. The van der Waals surface area contributed by atoms with Crippen molar-refractivity contribution in [3.8, 4) is 5.95 Å². The number of amides is 1. The second kappa shape index (κ2) is 6.13. The minimum absolute atomic E-state index is 0.136. The van der Waals surface area contributed by atoms with E-state index < -0.39 is 0 Å². The lowest BCUT2D eigenvalue weighted by atomic mass is 10.0. The van der Waals surface area contributed by atoms with E-state index in [0.29, 0.717) is 12.0 Å². The normalized spacial score (nSPS) is 21.1. The molecule has 1 aliphatic heterocycles. The molecule has 7 nitrogen and oxygen atoms in total. The summed E-state index contributed by atoms with van der Waals surface area (Å²) in [4.78, 5) is 30.5. The Kier molecular flexibility index (Phi) is 3.94. The Hall–Kier alpha value is -2.44. The fourth-order valence-electron chi connectivity index (χ4n) is 4.08. The Morgan fingerprint density at radius 2 is 2.00 bits per heavy atom. The van der Waals surface area contributed by atoms with E-state index in [1.165, 1.54) is 12.8 Å². The van der Waals surface area contributed by atoms with Crippen LogP contribution in [0.3, 0.4) is 0 Å².